The number of likely N-dealkylation sites (tertiary alicyclic amines) is 1. The molecule has 4 heteroatoms. The molecule has 2 aromatic carbocycles. The molecule has 0 bridgehead atoms. The second-order valence-corrected chi connectivity index (χ2v) is 6.57. The second-order valence-electron chi connectivity index (χ2n) is 6.57. The lowest BCUT2D eigenvalue weighted by molar-refractivity contribution is 0.0601. The molecule has 0 aliphatic carbocycles. The number of rotatable bonds is 6. The van der Waals surface area contributed by atoms with E-state index in [1.807, 2.05) is 18.2 Å². The van der Waals surface area contributed by atoms with E-state index in [9.17, 15) is 4.79 Å². The molecule has 1 aliphatic rings. The molecule has 1 fully saturated rings. The molecule has 25 heavy (non-hydrogen) atoms. The van der Waals surface area contributed by atoms with E-state index in [-0.39, 0.29) is 5.97 Å². The molecule has 3 rings (SSSR count). The number of benzene rings is 2. The van der Waals surface area contributed by atoms with E-state index in [0.29, 0.717) is 11.6 Å². The summed E-state index contributed by atoms with van der Waals surface area (Å²) < 4.78 is 4.79. The number of hydrogen-bond acceptors (Lipinski definition) is 4. The van der Waals surface area contributed by atoms with Crippen LogP contribution < -0.4 is 5.32 Å². The summed E-state index contributed by atoms with van der Waals surface area (Å²) in [5, 5.41) is 3.56. The van der Waals surface area contributed by atoms with Crippen molar-refractivity contribution in [2.45, 2.75) is 25.3 Å². The van der Waals surface area contributed by atoms with Crippen LogP contribution in [0.25, 0.3) is 0 Å². The number of carbonyl (C=O) groups is 1. The van der Waals surface area contributed by atoms with Crippen LogP contribution in [0.3, 0.4) is 0 Å². The Bertz CT molecular complexity index is 679. The summed E-state index contributed by atoms with van der Waals surface area (Å²) >= 11 is 0. The Morgan fingerprint density at radius 3 is 2.60 bits per heavy atom. The lowest BCUT2D eigenvalue weighted by Crippen LogP contribution is -2.40. The number of esters is 1. The number of anilines is 1. The van der Waals surface area contributed by atoms with Crippen LogP contribution in [0.2, 0.25) is 0 Å². The third kappa shape index (κ3) is 5.07. The Labute approximate surface area is 149 Å². The minimum Gasteiger partial charge on any atom is -0.465 e. The predicted molar refractivity (Wildman–Crippen MR) is 101 cm³/mol. The van der Waals surface area contributed by atoms with E-state index >= 15 is 0 Å². The molecule has 0 saturated carbocycles. The molecule has 1 saturated heterocycles. The van der Waals surface area contributed by atoms with E-state index in [4.69, 9.17) is 4.74 Å². The fourth-order valence-corrected chi connectivity index (χ4v) is 3.32. The Hall–Kier alpha value is -2.33. The monoisotopic (exact) mass is 338 g/mol. The molecule has 0 spiro atoms. The third-order valence-corrected chi connectivity index (χ3v) is 4.80. The minimum atomic E-state index is -0.292. The number of hydrogen-bond donors (Lipinski definition) is 1. The maximum absolute atomic E-state index is 11.6. The molecule has 0 radical (unpaired) electrons. The fourth-order valence-electron chi connectivity index (χ4n) is 3.32. The Balaban J connectivity index is 1.45. The van der Waals surface area contributed by atoms with Gasteiger partial charge in [-0.25, -0.2) is 4.79 Å². The summed E-state index contributed by atoms with van der Waals surface area (Å²) in [6.45, 7) is 3.34. The molecular weight excluding hydrogens is 312 g/mol. The average Bonchev–Trinajstić information content (AvgIpc) is 2.68. The van der Waals surface area contributed by atoms with Gasteiger partial charge in [-0.3, -0.25) is 0 Å². The second kappa shape index (κ2) is 8.67. The number of methoxy groups -OCH3 is 1. The SMILES string of the molecule is COC(=O)c1cccc(NC2CCN(CCc3ccccc3)CC2)c1. The number of carbonyl (C=O) groups excluding carboxylic acids is 1. The predicted octanol–water partition coefficient (Wildman–Crippen LogP) is 3.59. The number of nitrogens with one attached hydrogen (secondary N) is 1. The van der Waals surface area contributed by atoms with Gasteiger partial charge in [-0.15, -0.1) is 0 Å². The summed E-state index contributed by atoms with van der Waals surface area (Å²) in [4.78, 5) is 14.2. The van der Waals surface area contributed by atoms with Crippen molar-refractivity contribution in [3.63, 3.8) is 0 Å². The Morgan fingerprint density at radius 2 is 1.88 bits per heavy atom. The maximum Gasteiger partial charge on any atom is 0.337 e. The summed E-state index contributed by atoms with van der Waals surface area (Å²) in [6.07, 6.45) is 3.36. The van der Waals surface area contributed by atoms with Crippen LogP contribution in [0, 0.1) is 0 Å². The maximum atomic E-state index is 11.6. The van der Waals surface area contributed by atoms with Gasteiger partial charge in [-0.2, -0.15) is 0 Å². The fraction of sp³-hybridized carbons (Fsp3) is 0.381. The van der Waals surface area contributed by atoms with Crippen molar-refractivity contribution in [3.8, 4) is 0 Å². The molecule has 1 aliphatic heterocycles. The summed E-state index contributed by atoms with van der Waals surface area (Å²) in [5.41, 5.74) is 2.99. The average molecular weight is 338 g/mol. The van der Waals surface area contributed by atoms with Gasteiger partial charge in [-0.05, 0) is 43.0 Å². The first-order valence-electron chi connectivity index (χ1n) is 8.96. The molecule has 0 aromatic heterocycles. The van der Waals surface area contributed by atoms with Crippen LogP contribution in [0.5, 0.6) is 0 Å². The zero-order valence-corrected chi connectivity index (χ0v) is 14.8. The molecule has 0 amide bonds. The Morgan fingerprint density at radius 1 is 1.12 bits per heavy atom. The molecule has 4 nitrogen and oxygen atoms in total. The van der Waals surface area contributed by atoms with Crippen LogP contribution in [-0.2, 0) is 11.2 Å². The Kier molecular flexibility index (Phi) is 6.07. The van der Waals surface area contributed by atoms with Gasteiger partial charge in [0, 0.05) is 31.4 Å². The highest BCUT2D eigenvalue weighted by Gasteiger charge is 2.19. The topological polar surface area (TPSA) is 41.6 Å². The zero-order valence-electron chi connectivity index (χ0n) is 14.8. The van der Waals surface area contributed by atoms with Crippen molar-refractivity contribution in [1.82, 2.24) is 4.90 Å². The summed E-state index contributed by atoms with van der Waals surface area (Å²) in [6, 6.07) is 18.7. The molecule has 0 atom stereocenters. The van der Waals surface area contributed by atoms with Gasteiger partial charge in [0.25, 0.3) is 0 Å². The molecule has 132 valence electrons. The van der Waals surface area contributed by atoms with Crippen molar-refractivity contribution in [1.29, 1.82) is 0 Å². The van der Waals surface area contributed by atoms with E-state index < -0.39 is 0 Å². The number of piperidine rings is 1. The van der Waals surface area contributed by atoms with Gasteiger partial charge in [0.15, 0.2) is 0 Å². The molecular formula is C21H26N2O2. The van der Waals surface area contributed by atoms with Crippen molar-refractivity contribution >= 4 is 11.7 Å². The van der Waals surface area contributed by atoms with Crippen LogP contribution in [-0.4, -0.2) is 43.7 Å². The third-order valence-electron chi connectivity index (χ3n) is 4.80. The zero-order chi connectivity index (χ0) is 17.5. The lowest BCUT2D eigenvalue weighted by Gasteiger charge is -2.33. The quantitative estimate of drug-likeness (QED) is 0.817. The van der Waals surface area contributed by atoms with Crippen LogP contribution in [0.1, 0.15) is 28.8 Å². The highest BCUT2D eigenvalue weighted by atomic mass is 16.5. The highest BCUT2D eigenvalue weighted by Crippen LogP contribution is 2.18. The van der Waals surface area contributed by atoms with Crippen molar-refractivity contribution in [3.05, 3.63) is 65.7 Å². The minimum absolute atomic E-state index is 0.292. The first-order chi connectivity index (χ1) is 12.2. The van der Waals surface area contributed by atoms with Gasteiger partial charge in [0.05, 0.1) is 12.7 Å². The standard InChI is InChI=1S/C21H26N2O2/c1-25-21(24)18-8-5-9-20(16-18)22-19-11-14-23(15-12-19)13-10-17-6-3-2-4-7-17/h2-9,16,19,22H,10-15H2,1H3. The summed E-state index contributed by atoms with van der Waals surface area (Å²) in [7, 11) is 1.41. The van der Waals surface area contributed by atoms with Crippen LogP contribution in [0.15, 0.2) is 54.6 Å². The van der Waals surface area contributed by atoms with Crippen molar-refractivity contribution < 1.29 is 9.53 Å². The largest absolute Gasteiger partial charge is 0.465 e. The van der Waals surface area contributed by atoms with Crippen LogP contribution in [0.4, 0.5) is 5.69 Å². The van der Waals surface area contributed by atoms with Crippen molar-refractivity contribution in [2.24, 2.45) is 0 Å². The number of nitrogens with zero attached hydrogens (tertiary/aromatic N) is 1. The smallest absolute Gasteiger partial charge is 0.337 e. The molecule has 1 heterocycles. The normalized spacial score (nSPS) is 15.7. The van der Waals surface area contributed by atoms with E-state index in [0.717, 1.165) is 44.6 Å². The number of ether oxygens (including phenoxy) is 1. The first-order valence-corrected chi connectivity index (χ1v) is 8.96. The van der Waals surface area contributed by atoms with Gasteiger partial charge < -0.3 is 15.0 Å². The molecule has 2 aromatic rings. The van der Waals surface area contributed by atoms with E-state index in [1.54, 1.807) is 6.07 Å². The van der Waals surface area contributed by atoms with Gasteiger partial charge in [0.2, 0.25) is 0 Å². The summed E-state index contributed by atoms with van der Waals surface area (Å²) in [5.74, 6) is -0.292. The van der Waals surface area contributed by atoms with Gasteiger partial charge in [-0.1, -0.05) is 36.4 Å². The first kappa shape index (κ1) is 17.5. The highest BCUT2D eigenvalue weighted by molar-refractivity contribution is 5.90. The van der Waals surface area contributed by atoms with Crippen molar-refractivity contribution in [2.75, 3.05) is 32.1 Å². The van der Waals surface area contributed by atoms with Gasteiger partial charge in [0.1, 0.15) is 0 Å². The van der Waals surface area contributed by atoms with E-state index in [1.165, 1.54) is 12.7 Å². The van der Waals surface area contributed by atoms with Crippen LogP contribution >= 0.6 is 0 Å². The molecule has 0 unspecified atom stereocenters. The lowest BCUT2D eigenvalue weighted by atomic mass is 10.0. The molecule has 1 N–H and O–H groups in total. The van der Waals surface area contributed by atoms with Gasteiger partial charge >= 0.3 is 5.97 Å². The van der Waals surface area contributed by atoms with E-state index in [2.05, 4.69) is 40.5 Å².